The summed E-state index contributed by atoms with van der Waals surface area (Å²) in [5.41, 5.74) is -0.189. The van der Waals surface area contributed by atoms with Crippen LogP contribution in [0.1, 0.15) is 11.1 Å². The van der Waals surface area contributed by atoms with Crippen LogP contribution in [0.3, 0.4) is 0 Å². The Labute approximate surface area is 298 Å². The van der Waals surface area contributed by atoms with Gasteiger partial charge in [0.05, 0.1) is 21.9 Å². The summed E-state index contributed by atoms with van der Waals surface area (Å²) in [4.78, 5) is 25.8. The largest absolute Gasteiger partial charge is 0.508 e. The Morgan fingerprint density at radius 2 is 1.00 bits per heavy atom. The van der Waals surface area contributed by atoms with Crippen molar-refractivity contribution >= 4 is 37.5 Å². The van der Waals surface area contributed by atoms with Gasteiger partial charge in [0.25, 0.3) is 11.1 Å². The number of nitriles is 2. The highest BCUT2D eigenvalue weighted by atomic mass is 79.9. The molecule has 0 bridgehead atoms. The van der Waals surface area contributed by atoms with E-state index in [2.05, 4.69) is 15.9 Å². The van der Waals surface area contributed by atoms with Gasteiger partial charge in [-0.25, -0.2) is 13.2 Å². The molecule has 2 heterocycles. The van der Waals surface area contributed by atoms with Crippen LogP contribution < -0.4 is 11.1 Å². The Hall–Kier alpha value is -7.03. The molecule has 0 aliphatic carbocycles. The lowest BCUT2D eigenvalue weighted by Crippen LogP contribution is -2.19. The van der Waals surface area contributed by atoms with Crippen LogP contribution in [-0.2, 0) is 0 Å². The highest BCUT2D eigenvalue weighted by molar-refractivity contribution is 9.10. The fourth-order valence-electron chi connectivity index (χ4n) is 5.58. The maximum atomic E-state index is 13.9. The van der Waals surface area contributed by atoms with Crippen LogP contribution in [0.2, 0.25) is 0 Å². The van der Waals surface area contributed by atoms with Crippen LogP contribution >= 0.6 is 15.9 Å². The molecule has 0 spiro atoms. The van der Waals surface area contributed by atoms with Gasteiger partial charge < -0.3 is 20.4 Å². The molecule has 0 atom stereocenters. The van der Waals surface area contributed by atoms with E-state index in [1.807, 2.05) is 12.1 Å². The van der Waals surface area contributed by atoms with Gasteiger partial charge >= 0.3 is 0 Å². The van der Waals surface area contributed by atoms with E-state index in [-0.39, 0.29) is 67.0 Å². The molecule has 14 heteroatoms. The second-order valence-electron chi connectivity index (χ2n) is 11.2. The third-order valence-corrected chi connectivity index (χ3v) is 8.58. The Kier molecular flexibility index (Phi) is 9.18. The van der Waals surface area contributed by atoms with E-state index in [1.165, 1.54) is 65.4 Å². The molecule has 0 fully saturated rings. The Bertz CT molecular complexity index is 2770. The maximum Gasteiger partial charge on any atom is 0.264 e. The van der Waals surface area contributed by atoms with Crippen molar-refractivity contribution in [2.75, 3.05) is 0 Å². The summed E-state index contributed by atoms with van der Waals surface area (Å²) in [7, 11) is 0. The number of hydrogen-bond acceptors (Lipinski definition) is 8. The molecule has 52 heavy (non-hydrogen) atoms. The smallest absolute Gasteiger partial charge is 0.264 e. The van der Waals surface area contributed by atoms with Crippen LogP contribution in [0.15, 0.2) is 111 Å². The number of aromatic hydroxyl groups is 4. The molecular formula is C38H20BrF3N4O6. The molecule has 10 nitrogen and oxygen atoms in total. The molecule has 0 unspecified atom stereocenters. The average Bonchev–Trinajstić information content (AvgIpc) is 3.12. The number of phenolic OH excluding ortho intramolecular Hbond substituents is 4. The first-order chi connectivity index (χ1) is 24.8. The molecule has 0 aliphatic heterocycles. The van der Waals surface area contributed by atoms with Crippen molar-refractivity contribution in [1.82, 2.24) is 9.13 Å². The number of halogens is 4. The number of fused-ring (bicyclic) bond motifs is 2. The minimum atomic E-state index is -1.64. The summed E-state index contributed by atoms with van der Waals surface area (Å²) in [5.74, 6) is -4.85. The average molecular weight is 765 g/mol. The lowest BCUT2D eigenvalue weighted by Gasteiger charge is -2.14. The van der Waals surface area contributed by atoms with E-state index in [9.17, 15) is 53.7 Å². The van der Waals surface area contributed by atoms with Gasteiger partial charge in [-0.1, -0.05) is 0 Å². The van der Waals surface area contributed by atoms with Crippen LogP contribution in [0, 0.1) is 40.1 Å². The first kappa shape index (κ1) is 34.8. The van der Waals surface area contributed by atoms with E-state index in [4.69, 9.17) is 0 Å². The first-order valence-electron chi connectivity index (χ1n) is 14.9. The van der Waals surface area contributed by atoms with Gasteiger partial charge in [-0.2, -0.15) is 10.5 Å². The Morgan fingerprint density at radius 3 is 1.46 bits per heavy atom. The molecule has 7 aromatic rings. The van der Waals surface area contributed by atoms with Crippen molar-refractivity contribution in [2.45, 2.75) is 0 Å². The van der Waals surface area contributed by atoms with Gasteiger partial charge in [0.15, 0.2) is 17.5 Å². The SMILES string of the molecule is N#Cc1cc(O)cc2c(-c3cc(F)c(F)c(F)c3)cn(-c3ccc(O)cc3)c(=O)c12.N#Cc1cc(O)cc2c(Br)cn(-c3ccc(O)cc3)c(=O)c12. The minimum absolute atomic E-state index is 0.0434. The number of aromatic nitrogens is 2. The highest BCUT2D eigenvalue weighted by Gasteiger charge is 2.20. The maximum absolute atomic E-state index is 13.9. The topological polar surface area (TPSA) is 172 Å². The van der Waals surface area contributed by atoms with E-state index >= 15 is 0 Å². The summed E-state index contributed by atoms with van der Waals surface area (Å²) in [5, 5.41) is 57.8. The monoisotopic (exact) mass is 764 g/mol. The van der Waals surface area contributed by atoms with Crippen LogP contribution in [0.5, 0.6) is 23.0 Å². The second-order valence-corrected chi connectivity index (χ2v) is 12.1. The Morgan fingerprint density at radius 1 is 0.577 bits per heavy atom. The zero-order valence-corrected chi connectivity index (χ0v) is 27.7. The number of benzene rings is 5. The van der Waals surface area contributed by atoms with Crippen molar-refractivity contribution < 1.29 is 33.6 Å². The minimum Gasteiger partial charge on any atom is -0.508 e. The Balaban J connectivity index is 0.000000187. The third kappa shape index (κ3) is 6.37. The lowest BCUT2D eigenvalue weighted by atomic mass is 9.97. The zero-order chi connectivity index (χ0) is 37.4. The number of nitrogens with zero attached hydrogens (tertiary/aromatic N) is 4. The van der Waals surface area contributed by atoms with Gasteiger partial charge in [0, 0.05) is 44.6 Å². The number of rotatable bonds is 3. The molecule has 0 saturated heterocycles. The van der Waals surface area contributed by atoms with E-state index in [0.29, 0.717) is 21.2 Å². The molecule has 256 valence electrons. The molecule has 5 aromatic carbocycles. The summed E-state index contributed by atoms with van der Waals surface area (Å²) in [6, 6.07) is 22.0. The highest BCUT2D eigenvalue weighted by Crippen LogP contribution is 2.34. The van der Waals surface area contributed by atoms with Crippen LogP contribution in [0.25, 0.3) is 44.0 Å². The fourth-order valence-corrected chi connectivity index (χ4v) is 6.10. The normalized spacial score (nSPS) is 10.7. The van der Waals surface area contributed by atoms with Crippen molar-refractivity contribution in [3.8, 4) is 57.6 Å². The predicted molar refractivity (Wildman–Crippen MR) is 188 cm³/mol. The van der Waals surface area contributed by atoms with Gasteiger partial charge in [-0.3, -0.25) is 18.7 Å². The fraction of sp³-hybridized carbons (Fsp3) is 0. The summed E-state index contributed by atoms with van der Waals surface area (Å²) >= 11 is 3.36. The van der Waals surface area contributed by atoms with Crippen LogP contribution in [0.4, 0.5) is 13.2 Å². The summed E-state index contributed by atoms with van der Waals surface area (Å²) < 4.78 is 44.3. The molecule has 0 saturated carbocycles. The van der Waals surface area contributed by atoms with E-state index in [1.54, 1.807) is 18.3 Å². The van der Waals surface area contributed by atoms with Crippen molar-refractivity contribution in [2.24, 2.45) is 0 Å². The van der Waals surface area contributed by atoms with Gasteiger partial charge in [-0.05, 0) is 106 Å². The van der Waals surface area contributed by atoms with Crippen molar-refractivity contribution in [1.29, 1.82) is 10.5 Å². The molecule has 0 radical (unpaired) electrons. The zero-order valence-electron chi connectivity index (χ0n) is 26.1. The molecule has 4 N–H and O–H groups in total. The standard InChI is InChI=1S/C22H11F3N2O3.C16H9BrN2O3/c23-18-6-11(7-19(24)21(18)25)17-10-27(13-1-3-14(28)4-2-13)22(30)20-12(9-26)5-15(29)8-16(17)20;17-14-8-19(10-1-3-11(20)4-2-10)16(22)15-9(7-18)5-12(21)6-13(14)15/h1-8,10,28-29H;1-6,8,20-21H. The quantitative estimate of drug-likeness (QED) is 0.135. The number of phenols is 4. The third-order valence-electron chi connectivity index (χ3n) is 7.95. The summed E-state index contributed by atoms with van der Waals surface area (Å²) in [6.45, 7) is 0. The molecule has 2 aromatic heterocycles. The van der Waals surface area contributed by atoms with Crippen molar-refractivity contribution in [3.05, 3.63) is 151 Å². The lowest BCUT2D eigenvalue weighted by molar-refractivity contribution is 0.448. The molecule has 0 aliphatic rings. The van der Waals surface area contributed by atoms with Gasteiger partial charge in [0.2, 0.25) is 0 Å². The molecule has 7 rings (SSSR count). The predicted octanol–water partition coefficient (Wildman–Crippen LogP) is 7.39. The van der Waals surface area contributed by atoms with E-state index in [0.717, 1.165) is 22.8 Å². The van der Waals surface area contributed by atoms with Crippen molar-refractivity contribution in [3.63, 3.8) is 0 Å². The number of hydrogen-bond donors (Lipinski definition) is 4. The summed E-state index contributed by atoms with van der Waals surface area (Å²) in [6.07, 6.45) is 2.83. The second kappa shape index (κ2) is 13.7. The van der Waals surface area contributed by atoms with E-state index < -0.39 is 23.0 Å². The number of pyridine rings is 2. The van der Waals surface area contributed by atoms with Crippen LogP contribution in [-0.4, -0.2) is 29.6 Å². The first-order valence-corrected chi connectivity index (χ1v) is 15.6. The van der Waals surface area contributed by atoms with Gasteiger partial charge in [-0.15, -0.1) is 0 Å². The van der Waals surface area contributed by atoms with Gasteiger partial charge in [0.1, 0.15) is 35.1 Å². The molecule has 0 amide bonds. The molecular weight excluding hydrogens is 745 g/mol.